The maximum absolute atomic E-state index is 5.89. The van der Waals surface area contributed by atoms with Crippen molar-refractivity contribution in [3.63, 3.8) is 0 Å². The fraction of sp³-hybridized carbons (Fsp3) is 0.385. The molecular weight excluding hydrogens is 442 g/mol. The van der Waals surface area contributed by atoms with E-state index in [-0.39, 0.29) is 12.2 Å². The number of benzene rings is 1. The van der Waals surface area contributed by atoms with Gasteiger partial charge in [-0.15, -0.1) is 0 Å². The second-order valence-electron chi connectivity index (χ2n) is 9.15. The predicted octanol–water partition coefficient (Wildman–Crippen LogP) is 4.17. The molecule has 0 aliphatic carbocycles. The van der Waals surface area contributed by atoms with Crippen LogP contribution < -0.4 is 0 Å². The third-order valence-electron chi connectivity index (χ3n) is 6.74. The van der Waals surface area contributed by atoms with E-state index in [0.717, 1.165) is 52.9 Å². The number of hydrogen-bond acceptors (Lipinski definition) is 6. The van der Waals surface area contributed by atoms with Crippen LogP contribution in [-0.4, -0.2) is 53.7 Å². The van der Waals surface area contributed by atoms with E-state index in [1.54, 1.807) is 4.68 Å². The molecular formula is C26H29N7O2. The maximum atomic E-state index is 5.89. The highest BCUT2D eigenvalue weighted by Gasteiger charge is 2.18. The van der Waals surface area contributed by atoms with E-state index in [2.05, 4.69) is 40.3 Å². The Morgan fingerprint density at radius 3 is 2.89 bits per heavy atom. The first kappa shape index (κ1) is 21.9. The normalized spacial score (nSPS) is 17.4. The first-order valence-electron chi connectivity index (χ1n) is 12.2. The van der Waals surface area contributed by atoms with Crippen molar-refractivity contribution < 1.29 is 9.47 Å². The number of ether oxygens (including phenoxy) is 2. The molecule has 0 saturated carbocycles. The second kappa shape index (κ2) is 9.24. The average molecular weight is 472 g/mol. The summed E-state index contributed by atoms with van der Waals surface area (Å²) >= 11 is 0. The molecule has 2 unspecified atom stereocenters. The molecule has 1 aromatic carbocycles. The number of hydrogen-bond donors (Lipinski definition) is 0. The third-order valence-corrected chi connectivity index (χ3v) is 6.74. The summed E-state index contributed by atoms with van der Waals surface area (Å²) in [6.45, 7) is 4.27. The molecule has 0 N–H and O–H groups in total. The minimum atomic E-state index is -0.0733. The van der Waals surface area contributed by atoms with Crippen molar-refractivity contribution in [2.45, 2.75) is 44.9 Å². The number of nitrogens with zero attached hydrogens (tertiary/aromatic N) is 7. The monoisotopic (exact) mass is 471 g/mol. The molecule has 5 aromatic rings. The third kappa shape index (κ3) is 4.33. The van der Waals surface area contributed by atoms with Crippen LogP contribution >= 0.6 is 0 Å². The first-order chi connectivity index (χ1) is 17.2. The molecule has 35 heavy (non-hydrogen) atoms. The highest BCUT2D eigenvalue weighted by molar-refractivity contribution is 5.79. The summed E-state index contributed by atoms with van der Waals surface area (Å²) in [4.78, 5) is 4.58. The summed E-state index contributed by atoms with van der Waals surface area (Å²) in [7, 11) is 1.91. The summed E-state index contributed by atoms with van der Waals surface area (Å²) < 4.78 is 17.3. The smallest absolute Gasteiger partial charge is 0.157 e. The Hall–Kier alpha value is -3.56. The summed E-state index contributed by atoms with van der Waals surface area (Å²) in [6, 6.07) is 10.5. The topological polar surface area (TPSA) is 84.3 Å². The molecule has 4 aromatic heterocycles. The quantitative estimate of drug-likeness (QED) is 0.354. The summed E-state index contributed by atoms with van der Waals surface area (Å²) in [5.41, 5.74) is 6.02. The van der Waals surface area contributed by atoms with E-state index >= 15 is 0 Å². The lowest BCUT2D eigenvalue weighted by Crippen LogP contribution is -2.24. The number of aromatic nitrogens is 7. The van der Waals surface area contributed by atoms with Crippen molar-refractivity contribution in [1.82, 2.24) is 34.2 Å². The van der Waals surface area contributed by atoms with E-state index in [9.17, 15) is 0 Å². The molecule has 1 saturated heterocycles. The molecule has 0 bridgehead atoms. The zero-order valence-electron chi connectivity index (χ0n) is 20.0. The minimum Gasteiger partial charge on any atom is -0.353 e. The van der Waals surface area contributed by atoms with Gasteiger partial charge in [0, 0.05) is 36.7 Å². The summed E-state index contributed by atoms with van der Waals surface area (Å²) in [5.74, 6) is 0.112. The SMILES string of the molecule is CC(c1ccc2c(cnn2CCOC2CCCCO2)c1)c1cnc2ccc(-c3cnn(C)c3)nn12. The van der Waals surface area contributed by atoms with Crippen molar-refractivity contribution in [2.24, 2.45) is 7.05 Å². The molecule has 1 fully saturated rings. The standard InChI is InChI=1S/C26H29N7O2/c1-18(24-16-27-25-9-7-22(30-33(24)25)21-15-28-31(2)17-21)19-6-8-23-20(13-19)14-29-32(23)10-12-35-26-5-3-4-11-34-26/h6-9,13-18,26H,3-5,10-12H2,1-2H3. The van der Waals surface area contributed by atoms with E-state index in [4.69, 9.17) is 14.6 Å². The Labute approximate surface area is 203 Å². The molecule has 6 rings (SSSR count). The van der Waals surface area contributed by atoms with Gasteiger partial charge in [-0.2, -0.15) is 15.3 Å². The van der Waals surface area contributed by atoms with Crippen LogP contribution in [0.1, 0.15) is 43.4 Å². The van der Waals surface area contributed by atoms with Gasteiger partial charge in [0.15, 0.2) is 11.9 Å². The Bertz CT molecular complexity index is 1460. The average Bonchev–Trinajstić information content (AvgIpc) is 3.62. The van der Waals surface area contributed by atoms with Crippen LogP contribution in [0.4, 0.5) is 0 Å². The largest absolute Gasteiger partial charge is 0.353 e. The Balaban J connectivity index is 1.22. The van der Waals surface area contributed by atoms with Crippen LogP contribution in [0.5, 0.6) is 0 Å². The molecule has 0 amide bonds. The highest BCUT2D eigenvalue weighted by Crippen LogP contribution is 2.28. The number of rotatable bonds is 7. The molecule has 1 aliphatic rings. The van der Waals surface area contributed by atoms with E-state index in [0.29, 0.717) is 13.2 Å². The van der Waals surface area contributed by atoms with E-state index < -0.39 is 0 Å². The lowest BCUT2D eigenvalue weighted by atomic mass is 9.97. The van der Waals surface area contributed by atoms with Gasteiger partial charge in [0.1, 0.15) is 0 Å². The van der Waals surface area contributed by atoms with Crippen molar-refractivity contribution in [1.29, 1.82) is 0 Å². The van der Waals surface area contributed by atoms with Crippen LogP contribution in [0, 0.1) is 0 Å². The van der Waals surface area contributed by atoms with Crippen LogP contribution in [0.15, 0.2) is 55.1 Å². The Morgan fingerprint density at radius 2 is 2.06 bits per heavy atom. The molecule has 180 valence electrons. The maximum Gasteiger partial charge on any atom is 0.157 e. The highest BCUT2D eigenvalue weighted by atomic mass is 16.7. The molecule has 0 spiro atoms. The van der Waals surface area contributed by atoms with Gasteiger partial charge in [-0.1, -0.05) is 13.0 Å². The summed E-state index contributed by atoms with van der Waals surface area (Å²) in [6.07, 6.45) is 10.8. The zero-order valence-corrected chi connectivity index (χ0v) is 20.0. The van der Waals surface area contributed by atoms with Gasteiger partial charge in [-0.3, -0.25) is 9.36 Å². The molecule has 1 aliphatic heterocycles. The van der Waals surface area contributed by atoms with Gasteiger partial charge in [-0.05, 0) is 49.1 Å². The van der Waals surface area contributed by atoms with Gasteiger partial charge in [0.2, 0.25) is 0 Å². The van der Waals surface area contributed by atoms with Crippen LogP contribution in [0.3, 0.4) is 0 Å². The number of fused-ring (bicyclic) bond motifs is 2. The van der Waals surface area contributed by atoms with Gasteiger partial charge < -0.3 is 9.47 Å². The lowest BCUT2D eigenvalue weighted by molar-refractivity contribution is -0.163. The van der Waals surface area contributed by atoms with Gasteiger partial charge >= 0.3 is 0 Å². The molecule has 9 heteroatoms. The van der Waals surface area contributed by atoms with Gasteiger partial charge in [0.05, 0.1) is 48.6 Å². The van der Waals surface area contributed by atoms with E-state index in [1.165, 1.54) is 12.0 Å². The molecule has 0 radical (unpaired) electrons. The van der Waals surface area contributed by atoms with Gasteiger partial charge in [0.25, 0.3) is 0 Å². The first-order valence-corrected chi connectivity index (χ1v) is 12.2. The van der Waals surface area contributed by atoms with Crippen molar-refractivity contribution >= 4 is 16.6 Å². The zero-order chi connectivity index (χ0) is 23.8. The fourth-order valence-corrected chi connectivity index (χ4v) is 4.73. The molecule has 2 atom stereocenters. The minimum absolute atomic E-state index is 0.0733. The van der Waals surface area contributed by atoms with Crippen molar-refractivity contribution in [2.75, 3.05) is 13.2 Å². The predicted molar refractivity (Wildman–Crippen MR) is 132 cm³/mol. The van der Waals surface area contributed by atoms with Crippen LogP contribution in [0.25, 0.3) is 27.8 Å². The second-order valence-corrected chi connectivity index (χ2v) is 9.15. The van der Waals surface area contributed by atoms with Crippen LogP contribution in [0.2, 0.25) is 0 Å². The number of imidazole rings is 1. The van der Waals surface area contributed by atoms with E-state index in [1.807, 2.05) is 53.2 Å². The van der Waals surface area contributed by atoms with Crippen molar-refractivity contribution in [3.05, 3.63) is 66.4 Å². The summed E-state index contributed by atoms with van der Waals surface area (Å²) in [5, 5.41) is 14.8. The molecule has 9 nitrogen and oxygen atoms in total. The van der Waals surface area contributed by atoms with Gasteiger partial charge in [-0.25, -0.2) is 9.50 Å². The Kier molecular flexibility index (Phi) is 5.79. The van der Waals surface area contributed by atoms with Crippen LogP contribution in [-0.2, 0) is 23.1 Å². The fourth-order valence-electron chi connectivity index (χ4n) is 4.73. The van der Waals surface area contributed by atoms with Crippen molar-refractivity contribution in [3.8, 4) is 11.3 Å². The molecule has 5 heterocycles. The lowest BCUT2D eigenvalue weighted by Gasteiger charge is -2.22. The Morgan fingerprint density at radius 1 is 1.11 bits per heavy atom. The number of aryl methyl sites for hydroxylation is 1.